The van der Waals surface area contributed by atoms with Crippen LogP contribution in [0.15, 0.2) is 53.4 Å². The van der Waals surface area contributed by atoms with Gasteiger partial charge in [-0.25, -0.2) is 8.42 Å². The Bertz CT molecular complexity index is 1020. The fraction of sp³-hybridized carbons (Fsp3) is 0.435. The van der Waals surface area contributed by atoms with Crippen LogP contribution in [0.3, 0.4) is 0 Å². The summed E-state index contributed by atoms with van der Waals surface area (Å²) in [5.74, 6) is -0.338. The Balaban J connectivity index is 1.48. The van der Waals surface area contributed by atoms with Gasteiger partial charge in [-0.15, -0.1) is 0 Å². The standard InChI is InChI=1S/C23H29N3O4S/c1-17-15-26(16-18(2)30-17)31(28,29)22-7-5-6-19(14-22)23(27)24-20-8-10-21(11-9-20)25-12-3-4-13-25/h5-11,14,17-18H,3-4,12-13,15-16H2,1-2H3,(H,24,27)/t17-,18-/m1/s1. The van der Waals surface area contributed by atoms with Gasteiger partial charge in [0.2, 0.25) is 10.0 Å². The fourth-order valence-corrected chi connectivity index (χ4v) is 5.84. The third kappa shape index (κ3) is 4.92. The molecule has 7 nitrogen and oxygen atoms in total. The zero-order valence-corrected chi connectivity index (χ0v) is 18.8. The van der Waals surface area contributed by atoms with Crippen LogP contribution in [0.1, 0.15) is 37.0 Å². The van der Waals surface area contributed by atoms with Crippen LogP contribution in [-0.4, -0.2) is 57.0 Å². The Hall–Kier alpha value is -2.42. The molecule has 8 heteroatoms. The molecular formula is C23H29N3O4S. The normalized spacial score (nSPS) is 22.5. The first-order valence-corrected chi connectivity index (χ1v) is 12.2. The number of amides is 1. The molecule has 4 rings (SSSR count). The summed E-state index contributed by atoms with van der Waals surface area (Å²) in [7, 11) is -3.70. The Morgan fingerprint density at radius 3 is 2.29 bits per heavy atom. The van der Waals surface area contributed by atoms with Crippen molar-refractivity contribution in [1.29, 1.82) is 0 Å². The van der Waals surface area contributed by atoms with Gasteiger partial charge in [0.15, 0.2) is 0 Å². The van der Waals surface area contributed by atoms with Crippen LogP contribution in [0.4, 0.5) is 11.4 Å². The van der Waals surface area contributed by atoms with Crippen molar-refractivity contribution in [2.45, 2.75) is 43.8 Å². The second kappa shape index (κ2) is 8.98. The van der Waals surface area contributed by atoms with E-state index in [1.54, 1.807) is 12.1 Å². The van der Waals surface area contributed by atoms with Crippen molar-refractivity contribution in [3.63, 3.8) is 0 Å². The highest BCUT2D eigenvalue weighted by atomic mass is 32.2. The average Bonchev–Trinajstić information content (AvgIpc) is 3.28. The quantitative estimate of drug-likeness (QED) is 0.767. The lowest BCUT2D eigenvalue weighted by Gasteiger charge is -2.34. The number of hydrogen-bond acceptors (Lipinski definition) is 5. The molecule has 2 aliphatic rings. The lowest BCUT2D eigenvalue weighted by Crippen LogP contribution is -2.48. The zero-order valence-electron chi connectivity index (χ0n) is 18.0. The monoisotopic (exact) mass is 443 g/mol. The van der Waals surface area contributed by atoms with Gasteiger partial charge in [-0.3, -0.25) is 4.79 Å². The Morgan fingerprint density at radius 1 is 1.00 bits per heavy atom. The Morgan fingerprint density at radius 2 is 1.65 bits per heavy atom. The minimum Gasteiger partial charge on any atom is -0.373 e. The van der Waals surface area contributed by atoms with Crippen molar-refractivity contribution in [2.24, 2.45) is 0 Å². The van der Waals surface area contributed by atoms with Gasteiger partial charge in [-0.1, -0.05) is 6.07 Å². The van der Waals surface area contributed by atoms with Gasteiger partial charge in [0, 0.05) is 43.1 Å². The number of rotatable bonds is 5. The van der Waals surface area contributed by atoms with E-state index in [1.807, 2.05) is 38.1 Å². The number of carbonyl (C=O) groups excluding carboxylic acids is 1. The van der Waals surface area contributed by atoms with Crippen LogP contribution in [-0.2, 0) is 14.8 Å². The molecule has 2 saturated heterocycles. The molecular weight excluding hydrogens is 414 g/mol. The molecule has 2 fully saturated rings. The number of anilines is 2. The molecule has 2 aliphatic heterocycles. The maximum Gasteiger partial charge on any atom is 0.255 e. The lowest BCUT2D eigenvalue weighted by atomic mass is 10.2. The number of carbonyl (C=O) groups is 1. The first-order valence-electron chi connectivity index (χ1n) is 10.7. The summed E-state index contributed by atoms with van der Waals surface area (Å²) in [5, 5.41) is 2.86. The van der Waals surface area contributed by atoms with E-state index in [0.29, 0.717) is 24.3 Å². The molecule has 0 unspecified atom stereocenters. The number of nitrogens with zero attached hydrogens (tertiary/aromatic N) is 2. The third-order valence-corrected chi connectivity index (χ3v) is 7.54. The van der Waals surface area contributed by atoms with E-state index in [4.69, 9.17) is 4.74 Å². The maximum atomic E-state index is 13.1. The second-order valence-corrected chi connectivity index (χ2v) is 10.2. The summed E-state index contributed by atoms with van der Waals surface area (Å²) < 4.78 is 33.3. The molecule has 2 aromatic carbocycles. The van der Waals surface area contributed by atoms with Crippen molar-refractivity contribution in [1.82, 2.24) is 4.31 Å². The van der Waals surface area contributed by atoms with Gasteiger partial charge in [0.1, 0.15) is 0 Å². The molecule has 31 heavy (non-hydrogen) atoms. The van der Waals surface area contributed by atoms with Gasteiger partial charge < -0.3 is 15.0 Å². The molecule has 0 aromatic heterocycles. The molecule has 2 aromatic rings. The number of hydrogen-bond donors (Lipinski definition) is 1. The van der Waals surface area contributed by atoms with Crippen molar-refractivity contribution < 1.29 is 17.9 Å². The van der Waals surface area contributed by atoms with E-state index >= 15 is 0 Å². The molecule has 2 atom stereocenters. The van der Waals surface area contributed by atoms with E-state index in [9.17, 15) is 13.2 Å². The number of sulfonamides is 1. The number of nitrogens with one attached hydrogen (secondary N) is 1. The predicted molar refractivity (Wildman–Crippen MR) is 121 cm³/mol. The highest BCUT2D eigenvalue weighted by Crippen LogP contribution is 2.24. The maximum absolute atomic E-state index is 13.1. The lowest BCUT2D eigenvalue weighted by molar-refractivity contribution is -0.0440. The second-order valence-electron chi connectivity index (χ2n) is 8.30. The third-order valence-electron chi connectivity index (χ3n) is 5.72. The van der Waals surface area contributed by atoms with E-state index < -0.39 is 10.0 Å². The van der Waals surface area contributed by atoms with Crippen LogP contribution in [0.5, 0.6) is 0 Å². The van der Waals surface area contributed by atoms with Gasteiger partial charge in [0.05, 0.1) is 17.1 Å². The zero-order chi connectivity index (χ0) is 22.0. The number of ether oxygens (including phenoxy) is 1. The van der Waals surface area contributed by atoms with E-state index in [-0.39, 0.29) is 23.0 Å². The van der Waals surface area contributed by atoms with Gasteiger partial charge >= 0.3 is 0 Å². The topological polar surface area (TPSA) is 79.0 Å². The summed E-state index contributed by atoms with van der Waals surface area (Å²) in [5.41, 5.74) is 2.13. The van der Waals surface area contributed by atoms with Crippen LogP contribution >= 0.6 is 0 Å². The average molecular weight is 444 g/mol. The highest BCUT2D eigenvalue weighted by Gasteiger charge is 2.32. The first kappa shape index (κ1) is 21.8. The van der Waals surface area contributed by atoms with Crippen LogP contribution in [0, 0.1) is 0 Å². The van der Waals surface area contributed by atoms with E-state index in [1.165, 1.54) is 29.3 Å². The van der Waals surface area contributed by atoms with Crippen LogP contribution in [0.2, 0.25) is 0 Å². The molecule has 1 amide bonds. The van der Waals surface area contributed by atoms with E-state index in [0.717, 1.165) is 18.8 Å². The van der Waals surface area contributed by atoms with E-state index in [2.05, 4.69) is 10.2 Å². The van der Waals surface area contributed by atoms with Crippen molar-refractivity contribution in [3.05, 3.63) is 54.1 Å². The highest BCUT2D eigenvalue weighted by molar-refractivity contribution is 7.89. The summed E-state index contributed by atoms with van der Waals surface area (Å²) in [6.45, 7) is 6.44. The molecule has 166 valence electrons. The van der Waals surface area contributed by atoms with Gasteiger partial charge in [-0.05, 0) is 69.2 Å². The summed E-state index contributed by atoms with van der Waals surface area (Å²) >= 11 is 0. The number of benzene rings is 2. The van der Waals surface area contributed by atoms with Crippen molar-refractivity contribution in [2.75, 3.05) is 36.4 Å². The Labute approximate surface area is 184 Å². The SMILES string of the molecule is C[C@@H]1CN(S(=O)(=O)c2cccc(C(=O)Nc3ccc(N4CCCC4)cc3)c2)C[C@@H](C)O1. The smallest absolute Gasteiger partial charge is 0.255 e. The van der Waals surface area contributed by atoms with Crippen LogP contribution < -0.4 is 10.2 Å². The number of morpholine rings is 1. The molecule has 0 spiro atoms. The minimum atomic E-state index is -3.70. The molecule has 2 heterocycles. The van der Waals surface area contributed by atoms with Crippen molar-refractivity contribution >= 4 is 27.3 Å². The fourth-order valence-electron chi connectivity index (χ4n) is 4.21. The van der Waals surface area contributed by atoms with Gasteiger partial charge in [0.25, 0.3) is 5.91 Å². The summed E-state index contributed by atoms with van der Waals surface area (Å²) in [6.07, 6.45) is 2.07. The van der Waals surface area contributed by atoms with Crippen LogP contribution in [0.25, 0.3) is 0 Å². The minimum absolute atomic E-state index is 0.117. The molecule has 0 radical (unpaired) electrons. The largest absolute Gasteiger partial charge is 0.373 e. The van der Waals surface area contributed by atoms with Crippen molar-refractivity contribution in [3.8, 4) is 0 Å². The first-order chi connectivity index (χ1) is 14.8. The Kier molecular flexibility index (Phi) is 6.31. The predicted octanol–water partition coefficient (Wildman–Crippen LogP) is 3.34. The summed E-state index contributed by atoms with van der Waals surface area (Å²) in [6, 6.07) is 14.0. The molecule has 0 aliphatic carbocycles. The molecule has 0 saturated carbocycles. The molecule has 0 bridgehead atoms. The van der Waals surface area contributed by atoms with Gasteiger partial charge in [-0.2, -0.15) is 4.31 Å². The summed E-state index contributed by atoms with van der Waals surface area (Å²) in [4.78, 5) is 15.2. The molecule has 1 N–H and O–H groups in total.